The Labute approximate surface area is 186 Å². The molecular formula is C25H23ClN2O3. The first-order chi connectivity index (χ1) is 14.7. The Morgan fingerprint density at radius 1 is 1.00 bits per heavy atom. The highest BCUT2D eigenvalue weighted by Gasteiger charge is 2.30. The molecule has 0 spiro atoms. The summed E-state index contributed by atoms with van der Waals surface area (Å²) < 4.78 is 11.8. The third-order valence-corrected chi connectivity index (χ3v) is 5.38. The molecule has 0 atom stereocenters. The predicted octanol–water partition coefficient (Wildman–Crippen LogP) is 6.56. The number of carbonyl (C=O) groups is 1. The van der Waals surface area contributed by atoms with E-state index in [9.17, 15) is 4.79 Å². The van der Waals surface area contributed by atoms with Crippen LogP contribution in [-0.4, -0.2) is 16.5 Å². The summed E-state index contributed by atoms with van der Waals surface area (Å²) in [5, 5.41) is 3.50. The summed E-state index contributed by atoms with van der Waals surface area (Å²) in [6.45, 7) is 7.53. The van der Waals surface area contributed by atoms with E-state index in [-0.39, 0.29) is 5.91 Å². The number of aromatic nitrogens is 1. The van der Waals surface area contributed by atoms with Crippen molar-refractivity contribution in [3.63, 3.8) is 0 Å². The monoisotopic (exact) mass is 434 g/mol. The van der Waals surface area contributed by atoms with Crippen molar-refractivity contribution < 1.29 is 13.9 Å². The first-order valence-electron chi connectivity index (χ1n) is 9.95. The fraction of sp³-hybridized carbons (Fsp3) is 0.200. The van der Waals surface area contributed by atoms with Crippen molar-refractivity contribution in [2.45, 2.75) is 33.3 Å². The van der Waals surface area contributed by atoms with E-state index in [0.717, 1.165) is 22.2 Å². The maximum absolute atomic E-state index is 12.7. The number of nitrogens with one attached hydrogen (secondary N) is 1. The summed E-state index contributed by atoms with van der Waals surface area (Å²) in [7, 11) is 0. The smallest absolute Gasteiger partial charge is 0.267 e. The molecule has 4 aromatic rings. The number of oxazole rings is 1. The second kappa shape index (κ2) is 8.08. The Balaban J connectivity index is 1.47. The van der Waals surface area contributed by atoms with E-state index in [1.807, 2.05) is 43.3 Å². The van der Waals surface area contributed by atoms with E-state index >= 15 is 0 Å². The summed E-state index contributed by atoms with van der Waals surface area (Å²) in [5.41, 5.74) is 4.35. The molecule has 0 fully saturated rings. The number of ether oxygens (including phenoxy) is 1. The van der Waals surface area contributed by atoms with Gasteiger partial charge in [-0.2, -0.15) is 0 Å². The van der Waals surface area contributed by atoms with Gasteiger partial charge in [-0.15, -0.1) is 0 Å². The standard InChI is InChI=1S/C25H23ClN2O3/c1-15-13-21-22(14-16(15)2)30-23(28-21)17-5-9-19(10-6-17)27-24(29)25(3,4)31-20-11-7-18(26)8-12-20/h5-14H,1-4H3,(H,27,29). The molecule has 0 radical (unpaired) electrons. The molecular weight excluding hydrogens is 412 g/mol. The molecule has 0 aliphatic heterocycles. The molecule has 1 aromatic heterocycles. The second-order valence-electron chi connectivity index (χ2n) is 8.02. The fourth-order valence-corrected chi connectivity index (χ4v) is 3.25. The SMILES string of the molecule is Cc1cc2nc(-c3ccc(NC(=O)C(C)(C)Oc4ccc(Cl)cc4)cc3)oc2cc1C. The number of rotatable bonds is 5. The highest BCUT2D eigenvalue weighted by Crippen LogP contribution is 2.28. The second-order valence-corrected chi connectivity index (χ2v) is 8.46. The van der Waals surface area contributed by atoms with Crippen LogP contribution in [0.4, 0.5) is 5.69 Å². The molecule has 31 heavy (non-hydrogen) atoms. The summed E-state index contributed by atoms with van der Waals surface area (Å²) in [6, 6.07) is 18.3. The zero-order valence-electron chi connectivity index (χ0n) is 17.8. The normalized spacial score (nSPS) is 11.5. The molecule has 158 valence electrons. The van der Waals surface area contributed by atoms with Gasteiger partial charge < -0.3 is 14.5 Å². The van der Waals surface area contributed by atoms with Crippen molar-refractivity contribution in [3.05, 3.63) is 76.8 Å². The average Bonchev–Trinajstić information content (AvgIpc) is 3.13. The van der Waals surface area contributed by atoms with Crippen LogP contribution in [0.3, 0.4) is 0 Å². The number of benzene rings is 3. The lowest BCUT2D eigenvalue weighted by atomic mass is 10.1. The Kier molecular flexibility index (Phi) is 5.46. The molecule has 4 rings (SSSR count). The number of aryl methyl sites for hydroxylation is 2. The topological polar surface area (TPSA) is 64.4 Å². The zero-order valence-corrected chi connectivity index (χ0v) is 18.6. The van der Waals surface area contributed by atoms with E-state index in [2.05, 4.69) is 17.2 Å². The van der Waals surface area contributed by atoms with Crippen molar-refractivity contribution in [2.24, 2.45) is 0 Å². The van der Waals surface area contributed by atoms with Gasteiger partial charge in [0.15, 0.2) is 11.2 Å². The lowest BCUT2D eigenvalue weighted by Crippen LogP contribution is -2.42. The third-order valence-electron chi connectivity index (χ3n) is 5.13. The van der Waals surface area contributed by atoms with Gasteiger partial charge in [-0.25, -0.2) is 4.98 Å². The van der Waals surface area contributed by atoms with Gasteiger partial charge in [0.05, 0.1) is 0 Å². The van der Waals surface area contributed by atoms with Crippen LogP contribution < -0.4 is 10.1 Å². The molecule has 1 heterocycles. The number of hydrogen-bond acceptors (Lipinski definition) is 4. The van der Waals surface area contributed by atoms with E-state index in [1.54, 1.807) is 38.1 Å². The van der Waals surface area contributed by atoms with Gasteiger partial charge in [0.25, 0.3) is 5.91 Å². The molecule has 3 aromatic carbocycles. The minimum absolute atomic E-state index is 0.261. The Morgan fingerprint density at radius 3 is 2.32 bits per heavy atom. The molecule has 0 unspecified atom stereocenters. The molecule has 0 aliphatic rings. The maximum atomic E-state index is 12.7. The van der Waals surface area contributed by atoms with Crippen molar-refractivity contribution in [1.29, 1.82) is 0 Å². The van der Waals surface area contributed by atoms with E-state index in [1.165, 1.54) is 5.56 Å². The van der Waals surface area contributed by atoms with Crippen LogP contribution in [0.1, 0.15) is 25.0 Å². The van der Waals surface area contributed by atoms with Gasteiger partial charge in [0, 0.05) is 16.3 Å². The van der Waals surface area contributed by atoms with Gasteiger partial charge in [-0.1, -0.05) is 11.6 Å². The number of carbonyl (C=O) groups excluding carboxylic acids is 1. The summed E-state index contributed by atoms with van der Waals surface area (Å²) in [4.78, 5) is 17.3. The quantitative estimate of drug-likeness (QED) is 0.386. The van der Waals surface area contributed by atoms with Crippen LogP contribution in [0.15, 0.2) is 65.1 Å². The summed E-state index contributed by atoms with van der Waals surface area (Å²) in [6.07, 6.45) is 0. The highest BCUT2D eigenvalue weighted by molar-refractivity contribution is 6.30. The van der Waals surface area contributed by atoms with Gasteiger partial charge in [0.1, 0.15) is 11.3 Å². The lowest BCUT2D eigenvalue weighted by Gasteiger charge is -2.25. The van der Waals surface area contributed by atoms with Gasteiger partial charge >= 0.3 is 0 Å². The Hall–Kier alpha value is -3.31. The number of fused-ring (bicyclic) bond motifs is 1. The molecule has 6 heteroatoms. The highest BCUT2D eigenvalue weighted by atomic mass is 35.5. The van der Waals surface area contributed by atoms with Crippen LogP contribution in [0.25, 0.3) is 22.6 Å². The van der Waals surface area contributed by atoms with E-state index in [0.29, 0.717) is 22.4 Å². The minimum atomic E-state index is -1.07. The molecule has 0 bridgehead atoms. The van der Waals surface area contributed by atoms with Crippen LogP contribution in [0.5, 0.6) is 5.75 Å². The van der Waals surface area contributed by atoms with Crippen LogP contribution in [-0.2, 0) is 4.79 Å². The minimum Gasteiger partial charge on any atom is -0.478 e. The zero-order chi connectivity index (χ0) is 22.2. The Morgan fingerprint density at radius 2 is 1.65 bits per heavy atom. The molecule has 0 aliphatic carbocycles. The fourth-order valence-electron chi connectivity index (χ4n) is 3.12. The maximum Gasteiger partial charge on any atom is 0.267 e. The number of amides is 1. The van der Waals surface area contributed by atoms with Gasteiger partial charge in [0.2, 0.25) is 5.89 Å². The van der Waals surface area contributed by atoms with Crippen LogP contribution in [0, 0.1) is 13.8 Å². The number of halogens is 1. The summed E-state index contributed by atoms with van der Waals surface area (Å²) >= 11 is 5.90. The van der Waals surface area contributed by atoms with Gasteiger partial charge in [-0.05, 0) is 99.5 Å². The lowest BCUT2D eigenvalue weighted by molar-refractivity contribution is -0.128. The Bertz CT molecular complexity index is 1200. The van der Waals surface area contributed by atoms with Crippen molar-refractivity contribution >= 4 is 34.3 Å². The number of anilines is 1. The number of hydrogen-bond donors (Lipinski definition) is 1. The van der Waals surface area contributed by atoms with Crippen LogP contribution >= 0.6 is 11.6 Å². The van der Waals surface area contributed by atoms with Crippen molar-refractivity contribution in [2.75, 3.05) is 5.32 Å². The molecule has 1 N–H and O–H groups in total. The van der Waals surface area contributed by atoms with Gasteiger partial charge in [-0.3, -0.25) is 4.79 Å². The first-order valence-corrected chi connectivity index (χ1v) is 10.3. The molecule has 5 nitrogen and oxygen atoms in total. The predicted molar refractivity (Wildman–Crippen MR) is 124 cm³/mol. The van der Waals surface area contributed by atoms with Crippen molar-refractivity contribution in [3.8, 4) is 17.2 Å². The molecule has 0 saturated carbocycles. The summed E-state index contributed by atoms with van der Waals surface area (Å²) in [5.74, 6) is 0.855. The molecule has 0 saturated heterocycles. The first kappa shape index (κ1) is 20.9. The third kappa shape index (κ3) is 4.57. The van der Waals surface area contributed by atoms with E-state index < -0.39 is 5.60 Å². The largest absolute Gasteiger partial charge is 0.478 e. The number of nitrogens with zero attached hydrogens (tertiary/aromatic N) is 1. The molecule has 1 amide bonds. The van der Waals surface area contributed by atoms with E-state index in [4.69, 9.17) is 20.8 Å². The average molecular weight is 435 g/mol. The van der Waals surface area contributed by atoms with Crippen molar-refractivity contribution in [1.82, 2.24) is 4.98 Å². The van der Waals surface area contributed by atoms with Crippen LogP contribution in [0.2, 0.25) is 5.02 Å².